The normalized spacial score (nSPS) is 11.9. The van der Waals surface area contributed by atoms with Crippen LogP contribution >= 0.6 is 0 Å². The molecule has 1 heteroatoms. The summed E-state index contributed by atoms with van der Waals surface area (Å²) in [7, 11) is 0. The maximum Gasteiger partial charge on any atom is 0.0273 e. The number of aromatic nitrogens is 1. The first-order valence-electron chi connectivity index (χ1n) is 19.3. The van der Waals surface area contributed by atoms with E-state index in [9.17, 15) is 0 Å². The molecular weight excluding hydrogens is 675 g/mol. The van der Waals surface area contributed by atoms with Gasteiger partial charge in [-0.25, -0.2) is 0 Å². The van der Waals surface area contributed by atoms with Gasteiger partial charge in [-0.3, -0.25) is 4.98 Å². The molecule has 1 nitrogen and oxygen atoms in total. The van der Waals surface area contributed by atoms with Crippen LogP contribution in [0.1, 0.15) is 0 Å². The molecule has 12 rings (SSSR count). The van der Waals surface area contributed by atoms with Crippen molar-refractivity contribution in [2.75, 3.05) is 0 Å². The molecule has 0 atom stereocenters. The van der Waals surface area contributed by atoms with E-state index in [1.807, 2.05) is 12.4 Å². The summed E-state index contributed by atoms with van der Waals surface area (Å²) >= 11 is 0. The number of pyridine rings is 1. The van der Waals surface area contributed by atoms with Crippen LogP contribution in [0.5, 0.6) is 0 Å². The molecule has 0 radical (unpaired) electrons. The fraction of sp³-hybridized carbons (Fsp3) is 0. The van der Waals surface area contributed by atoms with Crippen LogP contribution in [-0.4, -0.2) is 4.98 Å². The first kappa shape index (κ1) is 31.0. The molecule has 0 bridgehead atoms. The molecule has 56 heavy (non-hydrogen) atoms. The van der Waals surface area contributed by atoms with E-state index in [-0.39, 0.29) is 0 Å². The molecule has 1 aromatic heterocycles. The minimum absolute atomic E-state index is 1.15. The van der Waals surface area contributed by atoms with Crippen molar-refractivity contribution >= 4 is 64.6 Å². The largest absolute Gasteiger partial charge is 0.265 e. The summed E-state index contributed by atoms with van der Waals surface area (Å²) in [5, 5.41) is 15.7. The van der Waals surface area contributed by atoms with E-state index in [1.54, 1.807) is 0 Å². The Balaban J connectivity index is 0.921. The summed E-state index contributed by atoms with van der Waals surface area (Å²) in [5.41, 5.74) is 12.1. The fourth-order valence-corrected chi connectivity index (χ4v) is 9.39. The lowest BCUT2D eigenvalue weighted by molar-refractivity contribution is 1.33. The summed E-state index contributed by atoms with van der Waals surface area (Å²) in [6.45, 7) is 0. The molecule has 0 aliphatic heterocycles. The zero-order valence-electron chi connectivity index (χ0n) is 30.5. The van der Waals surface area contributed by atoms with Gasteiger partial charge in [0.2, 0.25) is 0 Å². The van der Waals surface area contributed by atoms with Crippen LogP contribution in [-0.2, 0) is 0 Å². The molecule has 0 aliphatic carbocycles. The van der Waals surface area contributed by atoms with E-state index >= 15 is 0 Å². The minimum Gasteiger partial charge on any atom is -0.265 e. The van der Waals surface area contributed by atoms with Gasteiger partial charge in [0, 0.05) is 12.4 Å². The summed E-state index contributed by atoms with van der Waals surface area (Å²) < 4.78 is 0. The third-order valence-electron chi connectivity index (χ3n) is 12.1. The quantitative estimate of drug-likeness (QED) is 0.162. The Hall–Kier alpha value is -7.35. The van der Waals surface area contributed by atoms with Gasteiger partial charge in [0.1, 0.15) is 0 Å². The van der Waals surface area contributed by atoms with Crippen molar-refractivity contribution in [2.45, 2.75) is 0 Å². The Bertz CT molecular complexity index is 3400. The van der Waals surface area contributed by atoms with Gasteiger partial charge in [0.15, 0.2) is 0 Å². The predicted octanol–water partition coefficient (Wildman–Crippen LogP) is 15.2. The van der Waals surface area contributed by atoms with Crippen molar-refractivity contribution in [1.82, 2.24) is 4.98 Å². The molecule has 0 spiro atoms. The highest BCUT2D eigenvalue weighted by molar-refractivity contribution is 6.26. The Labute approximate surface area is 324 Å². The van der Waals surface area contributed by atoms with E-state index in [0.717, 1.165) is 5.56 Å². The molecule has 0 fully saturated rings. The lowest BCUT2D eigenvalue weighted by Crippen LogP contribution is -1.90. The number of benzene rings is 11. The average molecular weight is 708 g/mol. The SMILES string of the molecule is c1cc2ccc3ccc(-c4ccc(-c5ccc(-c6ccc(-c7ccc8ccc9cccc%10ccc7c8c9%10)cc6)c(-c6ccncc6)c5)cc4)c4ccc(c1)c2c34. The summed E-state index contributed by atoms with van der Waals surface area (Å²) in [6, 6.07) is 69.7. The number of hydrogen-bond donors (Lipinski definition) is 0. The maximum atomic E-state index is 4.34. The Morgan fingerprint density at radius 3 is 1.09 bits per heavy atom. The maximum absolute atomic E-state index is 4.34. The highest BCUT2D eigenvalue weighted by Gasteiger charge is 2.16. The van der Waals surface area contributed by atoms with E-state index in [1.165, 1.54) is 115 Å². The summed E-state index contributed by atoms with van der Waals surface area (Å²) in [4.78, 5) is 4.34. The Morgan fingerprint density at radius 2 is 0.589 bits per heavy atom. The van der Waals surface area contributed by atoms with Gasteiger partial charge in [-0.2, -0.15) is 0 Å². The van der Waals surface area contributed by atoms with Crippen molar-refractivity contribution in [1.29, 1.82) is 0 Å². The zero-order chi connectivity index (χ0) is 36.7. The second kappa shape index (κ2) is 12.1. The van der Waals surface area contributed by atoms with E-state index in [2.05, 4.69) is 193 Å². The van der Waals surface area contributed by atoms with Crippen LogP contribution < -0.4 is 0 Å². The molecule has 0 amide bonds. The fourth-order valence-electron chi connectivity index (χ4n) is 9.39. The molecule has 11 aromatic carbocycles. The van der Waals surface area contributed by atoms with Gasteiger partial charge in [0.05, 0.1) is 0 Å². The molecular formula is C55H33N. The smallest absolute Gasteiger partial charge is 0.0273 e. The van der Waals surface area contributed by atoms with Crippen LogP contribution in [0.15, 0.2) is 200 Å². The Kier molecular flexibility index (Phi) is 6.70. The number of rotatable bonds is 5. The summed E-state index contributed by atoms with van der Waals surface area (Å²) in [5.74, 6) is 0. The van der Waals surface area contributed by atoms with Crippen molar-refractivity contribution in [3.63, 3.8) is 0 Å². The van der Waals surface area contributed by atoms with Gasteiger partial charge in [-0.15, -0.1) is 0 Å². The van der Waals surface area contributed by atoms with Gasteiger partial charge in [-0.05, 0) is 138 Å². The van der Waals surface area contributed by atoms with Crippen LogP contribution in [0, 0.1) is 0 Å². The van der Waals surface area contributed by atoms with Crippen LogP contribution in [0.25, 0.3) is 120 Å². The molecule has 1 heterocycles. The lowest BCUT2D eigenvalue weighted by Gasteiger charge is -2.16. The summed E-state index contributed by atoms with van der Waals surface area (Å²) in [6.07, 6.45) is 3.77. The van der Waals surface area contributed by atoms with Crippen molar-refractivity contribution < 1.29 is 0 Å². The van der Waals surface area contributed by atoms with E-state index < -0.39 is 0 Å². The topological polar surface area (TPSA) is 12.9 Å². The average Bonchev–Trinajstić information content (AvgIpc) is 3.27. The highest BCUT2D eigenvalue weighted by Crippen LogP contribution is 2.43. The van der Waals surface area contributed by atoms with Gasteiger partial charge in [-0.1, -0.05) is 170 Å². The number of hydrogen-bond acceptors (Lipinski definition) is 1. The molecule has 0 saturated heterocycles. The molecule has 0 saturated carbocycles. The van der Waals surface area contributed by atoms with Crippen molar-refractivity contribution in [3.8, 4) is 55.6 Å². The number of nitrogens with zero attached hydrogens (tertiary/aromatic N) is 1. The molecule has 12 aromatic rings. The molecule has 0 unspecified atom stereocenters. The highest BCUT2D eigenvalue weighted by atomic mass is 14.6. The lowest BCUT2D eigenvalue weighted by atomic mass is 9.88. The van der Waals surface area contributed by atoms with Crippen molar-refractivity contribution in [3.05, 3.63) is 200 Å². The first-order chi connectivity index (χ1) is 27.7. The van der Waals surface area contributed by atoms with E-state index in [0.29, 0.717) is 0 Å². The minimum atomic E-state index is 1.15. The predicted molar refractivity (Wildman–Crippen MR) is 239 cm³/mol. The third-order valence-corrected chi connectivity index (χ3v) is 12.1. The van der Waals surface area contributed by atoms with Crippen LogP contribution in [0.4, 0.5) is 0 Å². The van der Waals surface area contributed by atoms with Gasteiger partial charge in [0.25, 0.3) is 0 Å². The van der Waals surface area contributed by atoms with Crippen LogP contribution in [0.2, 0.25) is 0 Å². The first-order valence-corrected chi connectivity index (χ1v) is 19.3. The van der Waals surface area contributed by atoms with Crippen LogP contribution in [0.3, 0.4) is 0 Å². The monoisotopic (exact) mass is 707 g/mol. The van der Waals surface area contributed by atoms with Crippen molar-refractivity contribution in [2.24, 2.45) is 0 Å². The van der Waals surface area contributed by atoms with E-state index in [4.69, 9.17) is 0 Å². The molecule has 0 aliphatic rings. The third kappa shape index (κ3) is 4.71. The standard InChI is InChI=1S/C55H33N/c1-3-39-15-17-43-19-24-46(49-27-21-41(5-1)52(39)54(43)49)35-9-7-34(8-10-35)45-23-26-48(51(33-45)38-29-31-56-32-30-38)37-13-11-36(12-14-37)47-25-20-44-18-16-40-4-2-6-42-22-28-50(47)55(44)53(40)42/h1-33H. The Morgan fingerprint density at radius 1 is 0.232 bits per heavy atom. The van der Waals surface area contributed by atoms with Gasteiger partial charge >= 0.3 is 0 Å². The molecule has 0 N–H and O–H groups in total. The van der Waals surface area contributed by atoms with Gasteiger partial charge < -0.3 is 0 Å². The molecule has 258 valence electrons. The zero-order valence-corrected chi connectivity index (χ0v) is 30.5. The second-order valence-electron chi connectivity index (χ2n) is 15.1. The second-order valence-corrected chi connectivity index (χ2v) is 15.1.